The van der Waals surface area contributed by atoms with E-state index in [-0.39, 0.29) is 0 Å². The van der Waals surface area contributed by atoms with Gasteiger partial charge < -0.3 is 10.5 Å². The third-order valence-electron chi connectivity index (χ3n) is 1.36. The molecule has 0 unspecified atom stereocenters. The average Bonchev–Trinajstić information content (AvgIpc) is 2.03. The van der Waals surface area contributed by atoms with Gasteiger partial charge in [0, 0.05) is 12.1 Å². The summed E-state index contributed by atoms with van der Waals surface area (Å²) >= 11 is 0. The number of allylic oxidation sites excluding steroid dienone is 4. The van der Waals surface area contributed by atoms with E-state index < -0.39 is 0 Å². The predicted octanol–water partition coefficient (Wildman–Crippen LogP) is 2.86. The summed E-state index contributed by atoms with van der Waals surface area (Å²) < 4.78 is 5.34. The van der Waals surface area contributed by atoms with Crippen LogP contribution in [0.3, 0.4) is 0 Å². The third kappa shape index (κ3) is 5.79. The molecular formula is C11H17NO. The molecule has 2 heteroatoms. The Hall–Kier alpha value is -1.44. The summed E-state index contributed by atoms with van der Waals surface area (Å²) in [4.78, 5) is 0. The van der Waals surface area contributed by atoms with E-state index in [1.165, 1.54) is 0 Å². The number of nitrogens with two attached hydrogens (primary N) is 1. The summed E-state index contributed by atoms with van der Waals surface area (Å²) in [6, 6.07) is 0. The average molecular weight is 179 g/mol. The minimum absolute atomic E-state index is 0.593. The third-order valence-corrected chi connectivity index (χ3v) is 1.36. The quantitative estimate of drug-likeness (QED) is 0.520. The lowest BCUT2D eigenvalue weighted by Crippen LogP contribution is -2.00. The van der Waals surface area contributed by atoms with Crippen LogP contribution in [0.15, 0.2) is 48.6 Å². The first kappa shape index (κ1) is 11.6. The highest BCUT2D eigenvalue weighted by atomic mass is 16.5. The van der Waals surface area contributed by atoms with Crippen LogP contribution in [0.5, 0.6) is 0 Å². The molecule has 0 rings (SSSR count). The van der Waals surface area contributed by atoms with Gasteiger partial charge in [0.25, 0.3) is 0 Å². The van der Waals surface area contributed by atoms with Gasteiger partial charge in [-0.2, -0.15) is 0 Å². The summed E-state index contributed by atoms with van der Waals surface area (Å²) in [5.74, 6) is 1.41. The summed E-state index contributed by atoms with van der Waals surface area (Å²) in [6.07, 6.45) is 5.89. The van der Waals surface area contributed by atoms with E-state index in [0.717, 1.165) is 11.5 Å². The number of ether oxygens (including phenoxy) is 1. The second-order valence-electron chi connectivity index (χ2n) is 2.71. The zero-order chi connectivity index (χ0) is 10.3. The first-order valence-electron chi connectivity index (χ1n) is 4.15. The number of rotatable bonds is 5. The summed E-state index contributed by atoms with van der Waals surface area (Å²) in [7, 11) is 0. The highest BCUT2D eigenvalue weighted by molar-refractivity contribution is 5.13. The van der Waals surface area contributed by atoms with E-state index in [2.05, 4.69) is 13.2 Å². The molecular weight excluding hydrogens is 162 g/mol. The van der Waals surface area contributed by atoms with Crippen molar-refractivity contribution in [1.82, 2.24) is 0 Å². The molecule has 0 radical (unpaired) electrons. The van der Waals surface area contributed by atoms with Crippen LogP contribution in [0.4, 0.5) is 0 Å². The van der Waals surface area contributed by atoms with E-state index in [4.69, 9.17) is 10.5 Å². The molecule has 0 aliphatic heterocycles. The summed E-state index contributed by atoms with van der Waals surface area (Å²) in [6.45, 7) is 10.9. The Bertz CT molecular complexity index is 249. The lowest BCUT2D eigenvalue weighted by Gasteiger charge is -2.08. The van der Waals surface area contributed by atoms with Gasteiger partial charge in [0.05, 0.1) is 5.76 Å². The zero-order valence-corrected chi connectivity index (χ0v) is 8.34. The smallest absolute Gasteiger partial charge is 0.109 e. The maximum absolute atomic E-state index is 5.66. The maximum atomic E-state index is 5.66. The van der Waals surface area contributed by atoms with Crippen LogP contribution in [-0.2, 0) is 4.74 Å². The first-order chi connectivity index (χ1) is 6.10. The topological polar surface area (TPSA) is 35.2 Å². The fourth-order valence-electron chi connectivity index (χ4n) is 0.788. The van der Waals surface area contributed by atoms with E-state index in [1.54, 1.807) is 19.1 Å². The van der Waals surface area contributed by atoms with Crippen molar-refractivity contribution in [3.05, 3.63) is 48.6 Å². The van der Waals surface area contributed by atoms with Crippen LogP contribution in [-0.4, -0.2) is 0 Å². The minimum Gasteiger partial charge on any atom is -0.467 e. The van der Waals surface area contributed by atoms with Crippen LogP contribution < -0.4 is 5.73 Å². The second kappa shape index (κ2) is 6.12. The van der Waals surface area contributed by atoms with Crippen LogP contribution in [0.1, 0.15) is 20.3 Å². The molecule has 0 spiro atoms. The zero-order valence-electron chi connectivity index (χ0n) is 8.34. The van der Waals surface area contributed by atoms with Gasteiger partial charge in [0.2, 0.25) is 0 Å². The van der Waals surface area contributed by atoms with Crippen molar-refractivity contribution >= 4 is 0 Å². The Morgan fingerprint density at radius 1 is 1.54 bits per heavy atom. The van der Waals surface area contributed by atoms with Crippen molar-refractivity contribution in [2.24, 2.45) is 5.73 Å². The highest BCUT2D eigenvalue weighted by Gasteiger charge is 1.99. The molecule has 0 aromatic carbocycles. The Balaban J connectivity index is 4.35. The van der Waals surface area contributed by atoms with Crippen molar-refractivity contribution in [3.63, 3.8) is 0 Å². The van der Waals surface area contributed by atoms with E-state index in [0.29, 0.717) is 12.2 Å². The van der Waals surface area contributed by atoms with Crippen LogP contribution in [0.2, 0.25) is 0 Å². The molecule has 2 N–H and O–H groups in total. The molecule has 2 nitrogen and oxygen atoms in total. The fraction of sp³-hybridized carbons (Fsp3) is 0.273. The van der Waals surface area contributed by atoms with Gasteiger partial charge in [-0.1, -0.05) is 25.3 Å². The van der Waals surface area contributed by atoms with Crippen LogP contribution >= 0.6 is 0 Å². The van der Waals surface area contributed by atoms with Crippen molar-refractivity contribution in [3.8, 4) is 0 Å². The van der Waals surface area contributed by atoms with Crippen LogP contribution in [0, 0.1) is 0 Å². The molecule has 0 aliphatic carbocycles. The van der Waals surface area contributed by atoms with Gasteiger partial charge in [0.15, 0.2) is 0 Å². The van der Waals surface area contributed by atoms with Crippen LogP contribution in [0.25, 0.3) is 0 Å². The predicted molar refractivity (Wildman–Crippen MR) is 56.7 cm³/mol. The van der Waals surface area contributed by atoms with Crippen molar-refractivity contribution < 1.29 is 4.74 Å². The molecule has 0 fully saturated rings. The van der Waals surface area contributed by atoms with Crippen molar-refractivity contribution in [1.29, 1.82) is 0 Å². The van der Waals surface area contributed by atoms with Gasteiger partial charge >= 0.3 is 0 Å². The van der Waals surface area contributed by atoms with Gasteiger partial charge in [-0.15, -0.1) is 0 Å². The maximum Gasteiger partial charge on any atom is 0.109 e. The SMILES string of the molecule is C=C/C=C(\C/C(N)=C\C)OC(=C)C. The second-order valence-corrected chi connectivity index (χ2v) is 2.71. The van der Waals surface area contributed by atoms with E-state index in [1.807, 2.05) is 13.0 Å². The molecule has 0 saturated carbocycles. The monoisotopic (exact) mass is 179 g/mol. The van der Waals surface area contributed by atoms with Gasteiger partial charge in [-0.3, -0.25) is 0 Å². The minimum atomic E-state index is 0.593. The largest absolute Gasteiger partial charge is 0.467 e. The Labute approximate surface area is 80.1 Å². The lowest BCUT2D eigenvalue weighted by atomic mass is 10.2. The molecule has 0 heterocycles. The standard InChI is InChI=1S/C11H17NO/c1-5-7-11(13-9(3)4)8-10(12)6-2/h5-7H,1,3,8,12H2,2,4H3/b10-6+,11-7+. The highest BCUT2D eigenvalue weighted by Crippen LogP contribution is 2.12. The molecule has 0 bridgehead atoms. The Morgan fingerprint density at radius 2 is 2.15 bits per heavy atom. The van der Waals surface area contributed by atoms with Gasteiger partial charge in [-0.05, 0) is 19.9 Å². The fourth-order valence-corrected chi connectivity index (χ4v) is 0.788. The molecule has 0 aromatic heterocycles. The van der Waals surface area contributed by atoms with E-state index >= 15 is 0 Å². The molecule has 0 aliphatic rings. The molecule has 0 amide bonds. The molecule has 13 heavy (non-hydrogen) atoms. The van der Waals surface area contributed by atoms with E-state index in [9.17, 15) is 0 Å². The molecule has 0 atom stereocenters. The van der Waals surface area contributed by atoms with Crippen molar-refractivity contribution in [2.75, 3.05) is 0 Å². The Morgan fingerprint density at radius 3 is 2.54 bits per heavy atom. The number of hydrogen-bond acceptors (Lipinski definition) is 2. The summed E-state index contributed by atoms with van der Waals surface area (Å²) in [5, 5.41) is 0. The van der Waals surface area contributed by atoms with Gasteiger partial charge in [-0.25, -0.2) is 0 Å². The Kier molecular flexibility index (Phi) is 5.44. The van der Waals surface area contributed by atoms with Crippen molar-refractivity contribution in [2.45, 2.75) is 20.3 Å². The first-order valence-corrected chi connectivity index (χ1v) is 4.15. The summed E-state index contributed by atoms with van der Waals surface area (Å²) in [5.41, 5.74) is 6.43. The number of hydrogen-bond donors (Lipinski definition) is 1. The molecule has 0 saturated heterocycles. The lowest BCUT2D eigenvalue weighted by molar-refractivity contribution is 0.300. The van der Waals surface area contributed by atoms with Gasteiger partial charge in [0.1, 0.15) is 5.76 Å². The molecule has 72 valence electrons. The molecule has 0 aromatic rings. The normalized spacial score (nSPS) is 12.5.